The maximum Gasteiger partial charge on any atom is 0.270 e. The van der Waals surface area contributed by atoms with E-state index in [0.717, 1.165) is 29.2 Å². The summed E-state index contributed by atoms with van der Waals surface area (Å²) in [6.45, 7) is 7.25. The predicted octanol–water partition coefficient (Wildman–Crippen LogP) is 3.65. The van der Waals surface area contributed by atoms with E-state index in [1.807, 2.05) is 11.4 Å². The van der Waals surface area contributed by atoms with Gasteiger partial charge in [0, 0.05) is 41.6 Å². The summed E-state index contributed by atoms with van der Waals surface area (Å²) in [4.78, 5) is 15.0. The van der Waals surface area contributed by atoms with Gasteiger partial charge in [-0.15, -0.1) is 11.3 Å². The largest absolute Gasteiger partial charge is 0.312 e. The molecule has 1 aromatic carbocycles. The van der Waals surface area contributed by atoms with E-state index in [0.29, 0.717) is 0 Å². The minimum Gasteiger partial charge on any atom is -0.312 e. The molecule has 0 aliphatic carbocycles. The van der Waals surface area contributed by atoms with Gasteiger partial charge in [0.2, 0.25) is 0 Å². The van der Waals surface area contributed by atoms with Crippen molar-refractivity contribution in [2.24, 2.45) is 0 Å². The summed E-state index contributed by atoms with van der Waals surface area (Å²) in [6.07, 6.45) is 0.858. The van der Waals surface area contributed by atoms with Crippen LogP contribution in [0.1, 0.15) is 25.8 Å². The minimum absolute atomic E-state index is 0.0939. The molecule has 0 fully saturated rings. The first-order valence-electron chi connectivity index (χ1n) is 6.79. The molecular weight excluding hydrogens is 286 g/mol. The molecule has 21 heavy (non-hydrogen) atoms. The maximum atomic E-state index is 10.8. The number of non-ortho nitro benzene ring substituents is 1. The molecule has 0 aliphatic heterocycles. The van der Waals surface area contributed by atoms with Crippen LogP contribution in [0.15, 0.2) is 29.6 Å². The van der Waals surface area contributed by atoms with Crippen molar-refractivity contribution < 1.29 is 4.92 Å². The molecule has 0 atom stereocenters. The van der Waals surface area contributed by atoms with Gasteiger partial charge in [-0.05, 0) is 20.8 Å². The number of benzene rings is 1. The highest BCUT2D eigenvalue weighted by molar-refractivity contribution is 7.09. The molecule has 112 valence electrons. The third-order valence-electron chi connectivity index (χ3n) is 2.90. The zero-order valence-corrected chi connectivity index (χ0v) is 13.2. The fourth-order valence-corrected chi connectivity index (χ4v) is 2.69. The van der Waals surface area contributed by atoms with E-state index in [9.17, 15) is 10.1 Å². The molecule has 0 amide bonds. The molecule has 0 unspecified atom stereocenters. The fourth-order valence-electron chi connectivity index (χ4n) is 1.88. The number of thiazole rings is 1. The standard InChI is InChI=1S/C15H19N3O2S/c1-15(2,3)16-8-7-14-17-13(10-21-14)11-5-4-6-12(9-11)18(19)20/h4-6,9-10,16H,7-8H2,1-3H3. The lowest BCUT2D eigenvalue weighted by Gasteiger charge is -2.19. The van der Waals surface area contributed by atoms with Gasteiger partial charge in [0.25, 0.3) is 5.69 Å². The van der Waals surface area contributed by atoms with Crippen molar-refractivity contribution in [3.63, 3.8) is 0 Å². The van der Waals surface area contributed by atoms with Crippen molar-refractivity contribution in [1.29, 1.82) is 0 Å². The van der Waals surface area contributed by atoms with Gasteiger partial charge < -0.3 is 5.32 Å². The molecule has 2 aromatic rings. The lowest BCUT2D eigenvalue weighted by Crippen LogP contribution is -2.37. The number of hydrogen-bond acceptors (Lipinski definition) is 5. The lowest BCUT2D eigenvalue weighted by atomic mass is 10.1. The highest BCUT2D eigenvalue weighted by atomic mass is 32.1. The van der Waals surface area contributed by atoms with Gasteiger partial charge in [-0.2, -0.15) is 0 Å². The van der Waals surface area contributed by atoms with E-state index in [2.05, 4.69) is 31.1 Å². The Morgan fingerprint density at radius 1 is 1.38 bits per heavy atom. The monoisotopic (exact) mass is 305 g/mol. The van der Waals surface area contributed by atoms with E-state index in [4.69, 9.17) is 0 Å². The zero-order chi connectivity index (χ0) is 15.5. The normalized spacial score (nSPS) is 11.6. The molecule has 0 spiro atoms. The second-order valence-electron chi connectivity index (χ2n) is 5.86. The summed E-state index contributed by atoms with van der Waals surface area (Å²) in [7, 11) is 0. The number of nitro benzene ring substituents is 1. The SMILES string of the molecule is CC(C)(C)NCCc1nc(-c2cccc([N+](=O)[O-])c2)cs1. The van der Waals surface area contributed by atoms with E-state index < -0.39 is 0 Å². The number of rotatable bonds is 5. The predicted molar refractivity (Wildman–Crippen MR) is 85.7 cm³/mol. The van der Waals surface area contributed by atoms with Crippen LogP contribution in [0, 0.1) is 10.1 Å². The Labute approximate surface area is 128 Å². The van der Waals surface area contributed by atoms with Crippen molar-refractivity contribution in [3.8, 4) is 11.3 Å². The number of nitrogens with zero attached hydrogens (tertiary/aromatic N) is 2. The van der Waals surface area contributed by atoms with Gasteiger partial charge >= 0.3 is 0 Å². The fraction of sp³-hybridized carbons (Fsp3) is 0.400. The lowest BCUT2D eigenvalue weighted by molar-refractivity contribution is -0.384. The van der Waals surface area contributed by atoms with Crippen LogP contribution in [0.25, 0.3) is 11.3 Å². The van der Waals surface area contributed by atoms with Crippen LogP contribution in [0.2, 0.25) is 0 Å². The summed E-state index contributed by atoms with van der Waals surface area (Å²) in [5.41, 5.74) is 1.78. The molecule has 0 saturated heterocycles. The third kappa shape index (κ3) is 4.61. The Morgan fingerprint density at radius 3 is 2.81 bits per heavy atom. The second kappa shape index (κ2) is 6.32. The zero-order valence-electron chi connectivity index (χ0n) is 12.4. The van der Waals surface area contributed by atoms with Crippen molar-refractivity contribution >= 4 is 17.0 Å². The maximum absolute atomic E-state index is 10.8. The Hall–Kier alpha value is -1.79. The van der Waals surface area contributed by atoms with Crippen LogP contribution >= 0.6 is 11.3 Å². The molecule has 5 nitrogen and oxygen atoms in total. The second-order valence-corrected chi connectivity index (χ2v) is 6.80. The summed E-state index contributed by atoms with van der Waals surface area (Å²) in [6, 6.07) is 6.59. The average Bonchev–Trinajstić information content (AvgIpc) is 2.86. The average molecular weight is 305 g/mol. The van der Waals surface area contributed by atoms with E-state index >= 15 is 0 Å². The van der Waals surface area contributed by atoms with Gasteiger partial charge in [-0.25, -0.2) is 4.98 Å². The molecule has 1 heterocycles. The summed E-state index contributed by atoms with van der Waals surface area (Å²) in [5.74, 6) is 0. The van der Waals surface area contributed by atoms with Gasteiger partial charge in [-0.3, -0.25) is 10.1 Å². The number of aromatic nitrogens is 1. The first kappa shape index (κ1) is 15.6. The van der Waals surface area contributed by atoms with Crippen molar-refractivity contribution in [3.05, 3.63) is 44.8 Å². The Bertz CT molecular complexity index is 632. The van der Waals surface area contributed by atoms with Gasteiger partial charge in [0.05, 0.1) is 15.6 Å². The summed E-state index contributed by atoms with van der Waals surface area (Å²) in [5, 5.41) is 17.2. The highest BCUT2D eigenvalue weighted by Gasteiger charge is 2.11. The van der Waals surface area contributed by atoms with Gasteiger partial charge in [0.1, 0.15) is 0 Å². The summed E-state index contributed by atoms with van der Waals surface area (Å²) >= 11 is 1.59. The highest BCUT2D eigenvalue weighted by Crippen LogP contribution is 2.25. The molecule has 0 aliphatic rings. The number of hydrogen-bond donors (Lipinski definition) is 1. The third-order valence-corrected chi connectivity index (χ3v) is 3.81. The Kier molecular flexibility index (Phi) is 4.69. The van der Waals surface area contributed by atoms with Crippen molar-refractivity contribution in [1.82, 2.24) is 10.3 Å². The molecule has 0 bridgehead atoms. The quantitative estimate of drug-likeness (QED) is 0.676. The number of nitrogens with one attached hydrogen (secondary N) is 1. The molecule has 1 aromatic heterocycles. The van der Waals surface area contributed by atoms with E-state index in [1.54, 1.807) is 23.5 Å². The molecule has 6 heteroatoms. The van der Waals surface area contributed by atoms with E-state index in [1.165, 1.54) is 6.07 Å². The molecule has 2 rings (SSSR count). The first-order chi connectivity index (χ1) is 9.85. The molecule has 0 radical (unpaired) electrons. The number of nitro groups is 1. The molecule has 1 N–H and O–H groups in total. The molecular formula is C15H19N3O2S. The minimum atomic E-state index is -0.385. The summed E-state index contributed by atoms with van der Waals surface area (Å²) < 4.78 is 0. The van der Waals surface area contributed by atoms with Crippen LogP contribution in [-0.4, -0.2) is 22.0 Å². The molecule has 0 saturated carbocycles. The van der Waals surface area contributed by atoms with Crippen LogP contribution in [-0.2, 0) is 6.42 Å². The smallest absolute Gasteiger partial charge is 0.270 e. The first-order valence-corrected chi connectivity index (χ1v) is 7.67. The van der Waals surface area contributed by atoms with Crippen LogP contribution in [0.3, 0.4) is 0 Å². The van der Waals surface area contributed by atoms with Gasteiger partial charge in [-0.1, -0.05) is 12.1 Å². The van der Waals surface area contributed by atoms with E-state index in [-0.39, 0.29) is 16.1 Å². The van der Waals surface area contributed by atoms with Crippen LogP contribution in [0.4, 0.5) is 5.69 Å². The van der Waals surface area contributed by atoms with Crippen molar-refractivity contribution in [2.45, 2.75) is 32.7 Å². The van der Waals surface area contributed by atoms with Crippen LogP contribution in [0.5, 0.6) is 0 Å². The van der Waals surface area contributed by atoms with Crippen LogP contribution < -0.4 is 5.32 Å². The van der Waals surface area contributed by atoms with Gasteiger partial charge in [0.15, 0.2) is 0 Å². The topological polar surface area (TPSA) is 68.1 Å². The Balaban J connectivity index is 2.06. The Morgan fingerprint density at radius 2 is 2.14 bits per heavy atom. The van der Waals surface area contributed by atoms with Crippen molar-refractivity contribution in [2.75, 3.05) is 6.54 Å².